The molecule has 0 spiro atoms. The number of halogens is 2. The van der Waals surface area contributed by atoms with E-state index in [-0.39, 0.29) is 23.2 Å². The second kappa shape index (κ2) is 8.83. The molecule has 1 rings (SSSR count). The molecule has 120 valence electrons. The lowest BCUT2D eigenvalue weighted by atomic mass is 10.3. The molecule has 0 saturated carbocycles. The third-order valence-electron chi connectivity index (χ3n) is 2.33. The molecule has 22 heavy (non-hydrogen) atoms. The minimum absolute atomic E-state index is 0.0103. The first kappa shape index (κ1) is 17.7. The number of carbonyl (C=O) groups is 3. The number of carbonyl (C=O) groups excluding carboxylic acids is 3. The van der Waals surface area contributed by atoms with Gasteiger partial charge in [0.25, 0.3) is 5.91 Å². The van der Waals surface area contributed by atoms with E-state index < -0.39 is 30.9 Å². The zero-order valence-electron chi connectivity index (χ0n) is 11.7. The first-order valence-electron chi connectivity index (χ1n) is 6.13. The van der Waals surface area contributed by atoms with Crippen molar-refractivity contribution in [1.29, 1.82) is 0 Å². The number of amides is 2. The van der Waals surface area contributed by atoms with E-state index >= 15 is 0 Å². The van der Waals surface area contributed by atoms with Crippen LogP contribution in [0.5, 0.6) is 5.75 Å². The van der Waals surface area contributed by atoms with E-state index in [1.54, 1.807) is 0 Å². The average Bonchev–Trinajstić information content (AvgIpc) is 2.49. The first-order chi connectivity index (χ1) is 10.4. The van der Waals surface area contributed by atoms with Crippen molar-refractivity contribution in [2.45, 2.75) is 0 Å². The van der Waals surface area contributed by atoms with E-state index in [1.807, 2.05) is 0 Å². The second-order valence-corrected chi connectivity index (χ2v) is 4.38. The number of esters is 1. The van der Waals surface area contributed by atoms with E-state index in [0.717, 1.165) is 12.1 Å². The molecule has 0 saturated heterocycles. The lowest BCUT2D eigenvalue weighted by molar-refractivity contribution is -0.150. The zero-order valence-corrected chi connectivity index (χ0v) is 12.4. The largest absolute Gasteiger partial charge is 0.480 e. The summed E-state index contributed by atoms with van der Waals surface area (Å²) in [6, 6.07) is 3.42. The van der Waals surface area contributed by atoms with Gasteiger partial charge in [-0.05, 0) is 18.2 Å². The summed E-state index contributed by atoms with van der Waals surface area (Å²) in [6.45, 7) is -1.25. The van der Waals surface area contributed by atoms with Gasteiger partial charge in [-0.3, -0.25) is 9.59 Å². The normalized spacial score (nSPS) is 9.77. The Labute approximate surface area is 130 Å². The second-order valence-electron chi connectivity index (χ2n) is 3.97. The van der Waals surface area contributed by atoms with Crippen LogP contribution in [0, 0.1) is 5.82 Å². The number of nitrogens with one attached hydrogen (secondary N) is 2. The Balaban J connectivity index is 2.28. The number of benzene rings is 1. The van der Waals surface area contributed by atoms with Crippen LogP contribution in [0.1, 0.15) is 0 Å². The van der Waals surface area contributed by atoms with Crippen LogP contribution >= 0.6 is 11.6 Å². The molecule has 2 amide bonds. The Bertz CT molecular complexity index is 567. The molecule has 0 aliphatic rings. The van der Waals surface area contributed by atoms with Gasteiger partial charge >= 0.3 is 5.97 Å². The molecule has 0 radical (unpaired) electrons. The summed E-state index contributed by atoms with van der Waals surface area (Å²) >= 11 is 5.71. The fraction of sp³-hybridized carbons (Fsp3) is 0.308. The average molecular weight is 333 g/mol. The standard InChI is InChI=1S/C13H14ClFN2O5/c1-16-11(18)5-17-12(19)6-22-13(20)7-21-10-3-2-8(15)4-9(10)14/h2-4H,5-7H2,1H3,(H,16,18)(H,17,19). The highest BCUT2D eigenvalue weighted by Crippen LogP contribution is 2.24. The van der Waals surface area contributed by atoms with E-state index in [4.69, 9.17) is 16.3 Å². The van der Waals surface area contributed by atoms with Gasteiger partial charge in [0.15, 0.2) is 13.2 Å². The van der Waals surface area contributed by atoms with Crippen molar-refractivity contribution in [1.82, 2.24) is 10.6 Å². The lowest BCUT2D eigenvalue weighted by Crippen LogP contribution is -2.37. The van der Waals surface area contributed by atoms with Crippen molar-refractivity contribution < 1.29 is 28.2 Å². The molecule has 7 nitrogen and oxygen atoms in total. The van der Waals surface area contributed by atoms with Crippen molar-refractivity contribution in [3.05, 3.63) is 29.0 Å². The van der Waals surface area contributed by atoms with Crippen molar-refractivity contribution in [2.24, 2.45) is 0 Å². The van der Waals surface area contributed by atoms with Crippen LogP contribution in [0.25, 0.3) is 0 Å². The molecule has 0 bridgehead atoms. The minimum Gasteiger partial charge on any atom is -0.480 e. The van der Waals surface area contributed by atoms with Gasteiger partial charge in [-0.2, -0.15) is 0 Å². The van der Waals surface area contributed by atoms with Gasteiger partial charge in [-0.25, -0.2) is 9.18 Å². The molecule has 0 atom stereocenters. The Kier molecular flexibility index (Phi) is 7.11. The molecule has 9 heteroatoms. The van der Waals surface area contributed by atoms with Crippen LogP contribution in [0.3, 0.4) is 0 Å². The maximum Gasteiger partial charge on any atom is 0.344 e. The molecule has 0 aliphatic heterocycles. The number of likely N-dealkylation sites (N-methyl/N-ethyl adjacent to an activating group) is 1. The van der Waals surface area contributed by atoms with Crippen molar-refractivity contribution in [2.75, 3.05) is 26.8 Å². The third-order valence-corrected chi connectivity index (χ3v) is 2.62. The zero-order chi connectivity index (χ0) is 16.5. The van der Waals surface area contributed by atoms with Crippen LogP contribution in [-0.4, -0.2) is 44.6 Å². The Morgan fingerprint density at radius 1 is 1.23 bits per heavy atom. The summed E-state index contributed by atoms with van der Waals surface area (Å²) < 4.78 is 22.5. The van der Waals surface area contributed by atoms with Crippen LogP contribution < -0.4 is 15.4 Å². The van der Waals surface area contributed by atoms with E-state index in [1.165, 1.54) is 13.1 Å². The number of rotatable bonds is 7. The molecule has 0 aromatic heterocycles. The van der Waals surface area contributed by atoms with Gasteiger partial charge in [-0.1, -0.05) is 11.6 Å². The fourth-order valence-electron chi connectivity index (χ4n) is 1.23. The predicted octanol–water partition coefficient (Wildman–Crippen LogP) is 0.263. The summed E-state index contributed by atoms with van der Waals surface area (Å²) in [5.74, 6) is -2.24. The molecular weight excluding hydrogens is 319 g/mol. The number of hydrogen-bond donors (Lipinski definition) is 2. The summed E-state index contributed by atoms with van der Waals surface area (Å²) in [6.07, 6.45) is 0. The van der Waals surface area contributed by atoms with Gasteiger partial charge in [-0.15, -0.1) is 0 Å². The molecule has 0 heterocycles. The highest BCUT2D eigenvalue weighted by Gasteiger charge is 2.11. The third kappa shape index (κ3) is 6.40. The molecular formula is C13H14ClFN2O5. The quantitative estimate of drug-likeness (QED) is 0.699. The van der Waals surface area contributed by atoms with Gasteiger partial charge in [0.2, 0.25) is 5.91 Å². The molecule has 1 aromatic rings. The van der Waals surface area contributed by atoms with Crippen molar-refractivity contribution >= 4 is 29.4 Å². The molecule has 0 fully saturated rings. The van der Waals surface area contributed by atoms with Crippen molar-refractivity contribution in [3.8, 4) is 5.75 Å². The van der Waals surface area contributed by atoms with Crippen LogP contribution in [0.4, 0.5) is 4.39 Å². The lowest BCUT2D eigenvalue weighted by Gasteiger charge is -2.08. The smallest absolute Gasteiger partial charge is 0.344 e. The number of ether oxygens (including phenoxy) is 2. The maximum absolute atomic E-state index is 12.8. The topological polar surface area (TPSA) is 93.7 Å². The Hall–Kier alpha value is -2.35. The van der Waals surface area contributed by atoms with Crippen LogP contribution in [0.15, 0.2) is 18.2 Å². The van der Waals surface area contributed by atoms with E-state index in [2.05, 4.69) is 15.4 Å². The minimum atomic E-state index is -0.810. The molecule has 0 aliphatic carbocycles. The number of hydrogen-bond acceptors (Lipinski definition) is 5. The SMILES string of the molecule is CNC(=O)CNC(=O)COC(=O)COc1ccc(F)cc1Cl. The monoisotopic (exact) mass is 332 g/mol. The molecule has 0 unspecified atom stereocenters. The van der Waals surface area contributed by atoms with Gasteiger partial charge in [0.1, 0.15) is 11.6 Å². The van der Waals surface area contributed by atoms with Gasteiger partial charge in [0, 0.05) is 7.05 Å². The fourth-order valence-corrected chi connectivity index (χ4v) is 1.46. The Morgan fingerprint density at radius 2 is 1.95 bits per heavy atom. The van der Waals surface area contributed by atoms with Gasteiger partial charge < -0.3 is 20.1 Å². The van der Waals surface area contributed by atoms with E-state index in [0.29, 0.717) is 0 Å². The summed E-state index contributed by atoms with van der Waals surface area (Å²) in [7, 11) is 1.42. The summed E-state index contributed by atoms with van der Waals surface area (Å²) in [5, 5.41) is 4.57. The summed E-state index contributed by atoms with van der Waals surface area (Å²) in [4.78, 5) is 33.5. The maximum atomic E-state index is 12.8. The van der Waals surface area contributed by atoms with Crippen LogP contribution in [-0.2, 0) is 19.1 Å². The first-order valence-corrected chi connectivity index (χ1v) is 6.51. The molecule has 2 N–H and O–H groups in total. The van der Waals surface area contributed by atoms with Gasteiger partial charge in [0.05, 0.1) is 11.6 Å². The Morgan fingerprint density at radius 3 is 2.59 bits per heavy atom. The predicted molar refractivity (Wildman–Crippen MR) is 74.9 cm³/mol. The summed E-state index contributed by atoms with van der Waals surface area (Å²) in [5.41, 5.74) is 0. The highest BCUT2D eigenvalue weighted by atomic mass is 35.5. The van der Waals surface area contributed by atoms with E-state index in [9.17, 15) is 18.8 Å². The molecule has 1 aromatic carbocycles. The van der Waals surface area contributed by atoms with Crippen LogP contribution in [0.2, 0.25) is 5.02 Å². The van der Waals surface area contributed by atoms with Crippen molar-refractivity contribution in [3.63, 3.8) is 0 Å². The highest BCUT2D eigenvalue weighted by molar-refractivity contribution is 6.32.